The van der Waals surface area contributed by atoms with E-state index in [1.165, 1.54) is 28.4 Å². The summed E-state index contributed by atoms with van der Waals surface area (Å²) in [4.78, 5) is 70.7. The number of anilines is 1. The van der Waals surface area contributed by atoms with Crippen LogP contribution < -0.4 is 10.6 Å². The van der Waals surface area contributed by atoms with Crippen LogP contribution in [0, 0.1) is 0 Å². The SMILES string of the molecule is CC(C)(C)OC(=O)Nc1nc(/C(=N/OC(c2ccccc2)(c2ccccc2)c2ccccc2)C(=O)N[C@@H]2C(=O)N3C(C(=O)OC(c4ccccc4)c4ccccc4)=C(SCCCc4cn[nH]n4)CS[C@H]23)cs1. The van der Waals surface area contributed by atoms with E-state index >= 15 is 0 Å². The van der Waals surface area contributed by atoms with E-state index in [4.69, 9.17) is 14.3 Å². The Bertz CT molecular complexity index is 2910. The molecular formula is C54H50N8O7S3. The van der Waals surface area contributed by atoms with Gasteiger partial charge >= 0.3 is 12.1 Å². The number of amides is 3. The number of benzene rings is 5. The van der Waals surface area contributed by atoms with Gasteiger partial charge in [-0.3, -0.25) is 19.8 Å². The van der Waals surface area contributed by atoms with E-state index in [0.717, 1.165) is 51.3 Å². The van der Waals surface area contributed by atoms with Gasteiger partial charge in [0.15, 0.2) is 16.9 Å². The van der Waals surface area contributed by atoms with Crippen molar-refractivity contribution >= 4 is 69.6 Å². The molecule has 1 saturated heterocycles. The van der Waals surface area contributed by atoms with Gasteiger partial charge in [0.2, 0.25) is 5.60 Å². The first kappa shape index (κ1) is 49.4. The van der Waals surface area contributed by atoms with Crippen molar-refractivity contribution in [3.8, 4) is 0 Å². The molecule has 72 heavy (non-hydrogen) atoms. The molecule has 7 aromatic rings. The van der Waals surface area contributed by atoms with E-state index in [1.807, 2.05) is 152 Å². The lowest BCUT2D eigenvalue weighted by Crippen LogP contribution is -2.71. The van der Waals surface area contributed by atoms with Gasteiger partial charge in [-0.1, -0.05) is 157 Å². The fourth-order valence-electron chi connectivity index (χ4n) is 8.27. The molecule has 366 valence electrons. The highest BCUT2D eigenvalue weighted by atomic mass is 32.2. The molecule has 9 rings (SSSR count). The van der Waals surface area contributed by atoms with Crippen LogP contribution in [-0.2, 0) is 40.7 Å². The van der Waals surface area contributed by atoms with Crippen LogP contribution in [-0.4, -0.2) is 83.4 Å². The summed E-state index contributed by atoms with van der Waals surface area (Å²) in [6.07, 6.45) is 1.57. The topological polar surface area (TPSA) is 190 Å². The number of aryl methyl sites for hydroxylation is 1. The van der Waals surface area contributed by atoms with Crippen molar-refractivity contribution in [3.63, 3.8) is 0 Å². The minimum Gasteiger partial charge on any atom is -0.448 e. The number of nitrogens with zero attached hydrogens (tertiary/aromatic N) is 5. The summed E-state index contributed by atoms with van der Waals surface area (Å²) >= 11 is 3.96. The third kappa shape index (κ3) is 11.2. The van der Waals surface area contributed by atoms with Crippen molar-refractivity contribution in [2.45, 2.75) is 62.3 Å². The van der Waals surface area contributed by atoms with Gasteiger partial charge in [0.05, 0.1) is 11.9 Å². The zero-order chi connectivity index (χ0) is 50.1. The Morgan fingerprint density at radius 1 is 0.833 bits per heavy atom. The van der Waals surface area contributed by atoms with E-state index in [9.17, 15) is 19.2 Å². The van der Waals surface area contributed by atoms with Crippen molar-refractivity contribution in [2.75, 3.05) is 16.8 Å². The predicted octanol–water partition coefficient (Wildman–Crippen LogP) is 9.63. The van der Waals surface area contributed by atoms with E-state index < -0.39 is 52.6 Å². The Kier molecular flexibility index (Phi) is 15.3. The smallest absolute Gasteiger partial charge is 0.413 e. The Labute approximate surface area is 428 Å². The van der Waals surface area contributed by atoms with Gasteiger partial charge in [-0.25, -0.2) is 14.6 Å². The van der Waals surface area contributed by atoms with Crippen molar-refractivity contribution < 1.29 is 33.5 Å². The molecule has 0 radical (unpaired) electrons. The molecule has 18 heteroatoms. The lowest BCUT2D eigenvalue weighted by atomic mass is 9.80. The van der Waals surface area contributed by atoms with Crippen LogP contribution >= 0.6 is 34.9 Å². The van der Waals surface area contributed by atoms with E-state index in [2.05, 4.69) is 36.2 Å². The average molecular weight is 1020 g/mol. The molecule has 1 fully saturated rings. The number of hydrogen-bond acceptors (Lipinski definition) is 14. The maximum atomic E-state index is 15.0. The summed E-state index contributed by atoms with van der Waals surface area (Å²) in [6, 6.07) is 46.4. The molecule has 2 aromatic heterocycles. The van der Waals surface area contributed by atoms with Crippen LogP contribution in [0.15, 0.2) is 179 Å². The van der Waals surface area contributed by atoms with Gasteiger partial charge in [-0.2, -0.15) is 15.4 Å². The number of nitrogens with one attached hydrogen (secondary N) is 3. The Morgan fingerprint density at radius 2 is 1.40 bits per heavy atom. The summed E-state index contributed by atoms with van der Waals surface area (Å²) in [5, 5.41) is 22.0. The first-order valence-electron chi connectivity index (χ1n) is 23.1. The first-order chi connectivity index (χ1) is 35.0. The molecule has 2 atom stereocenters. The zero-order valence-corrected chi connectivity index (χ0v) is 41.9. The Morgan fingerprint density at radius 3 is 1.94 bits per heavy atom. The molecule has 15 nitrogen and oxygen atoms in total. The first-order valence-corrected chi connectivity index (χ1v) is 26.1. The molecule has 2 aliphatic rings. The van der Waals surface area contributed by atoms with Gasteiger partial charge in [-0.15, -0.1) is 34.9 Å². The monoisotopic (exact) mass is 1020 g/mol. The maximum absolute atomic E-state index is 15.0. The molecule has 3 N–H and O–H groups in total. The van der Waals surface area contributed by atoms with Crippen LogP contribution in [0.5, 0.6) is 0 Å². The summed E-state index contributed by atoms with van der Waals surface area (Å²) in [5.74, 6) is -0.966. The normalized spacial score (nSPS) is 15.9. The second-order valence-electron chi connectivity index (χ2n) is 17.6. The largest absolute Gasteiger partial charge is 0.448 e. The summed E-state index contributed by atoms with van der Waals surface area (Å²) < 4.78 is 11.9. The molecular weight excluding hydrogens is 969 g/mol. The fraction of sp³-hybridized carbons (Fsp3) is 0.222. The molecule has 0 unspecified atom stereocenters. The summed E-state index contributed by atoms with van der Waals surface area (Å²) in [5.41, 5.74) is 2.27. The molecule has 3 amide bonds. The van der Waals surface area contributed by atoms with Gasteiger partial charge in [0, 0.05) is 32.7 Å². The number of carbonyl (C=O) groups excluding carboxylic acids is 4. The second-order valence-corrected chi connectivity index (χ2v) is 20.8. The molecule has 0 aliphatic carbocycles. The average Bonchev–Trinajstić information content (AvgIpc) is 4.10. The number of aromatic amines is 1. The molecule has 5 aromatic carbocycles. The minimum atomic E-state index is -1.38. The van der Waals surface area contributed by atoms with Crippen molar-refractivity contribution in [3.05, 3.63) is 213 Å². The van der Waals surface area contributed by atoms with E-state index in [0.29, 0.717) is 22.8 Å². The second kappa shape index (κ2) is 22.3. The number of oxime groups is 1. The van der Waals surface area contributed by atoms with Crippen LogP contribution in [0.1, 0.15) is 72.5 Å². The van der Waals surface area contributed by atoms with Crippen molar-refractivity contribution in [2.24, 2.45) is 5.16 Å². The molecule has 0 saturated carbocycles. The van der Waals surface area contributed by atoms with Crippen LogP contribution in [0.3, 0.4) is 0 Å². The molecule has 0 spiro atoms. The number of hydrogen-bond donors (Lipinski definition) is 3. The lowest BCUT2D eigenvalue weighted by Gasteiger charge is -2.49. The number of aromatic nitrogens is 4. The van der Waals surface area contributed by atoms with Crippen LogP contribution in [0.2, 0.25) is 0 Å². The molecule has 4 heterocycles. The standard InChI is InChI=1S/C54H50N8O7S3/c1-53(2,3)68-52(66)58-51-56-41(33-72-51)43(60-69-54(37-24-13-6-14-25-37,38-26-15-7-16-27-38)39-28-17-8-18-29-39)47(63)57-44-48(64)62-45(42(34-71-49(44)62)70-31-19-30-40-32-55-61-59-40)50(65)67-46(35-20-9-4-10-21-35)36-22-11-5-12-23-36/h4-18,20-29,32-33,44,46,49H,19,30-31,34H2,1-3H3,(H,57,63)(H,55,59,61)(H,56,58,66)/b60-43-/t44-,49-/m1/s1. The number of carbonyl (C=O) groups is 4. The van der Waals surface area contributed by atoms with Gasteiger partial charge in [0.1, 0.15) is 28.4 Å². The highest BCUT2D eigenvalue weighted by Crippen LogP contribution is 2.45. The number of rotatable bonds is 18. The summed E-state index contributed by atoms with van der Waals surface area (Å²) in [7, 11) is 0. The number of fused-ring (bicyclic) bond motifs is 1. The van der Waals surface area contributed by atoms with Crippen molar-refractivity contribution in [1.82, 2.24) is 30.6 Å². The van der Waals surface area contributed by atoms with Gasteiger partial charge in [0.25, 0.3) is 11.8 Å². The maximum Gasteiger partial charge on any atom is 0.413 e. The number of thiazole rings is 1. The number of H-pyrrole nitrogens is 1. The third-order valence-corrected chi connectivity index (χ3v) is 14.9. The third-order valence-electron chi connectivity index (χ3n) is 11.5. The predicted molar refractivity (Wildman–Crippen MR) is 279 cm³/mol. The van der Waals surface area contributed by atoms with Gasteiger partial charge in [-0.05, 0) is 50.5 Å². The van der Waals surface area contributed by atoms with Gasteiger partial charge < -0.3 is 19.6 Å². The quantitative estimate of drug-likeness (QED) is 0.0185. The number of esters is 1. The summed E-state index contributed by atoms with van der Waals surface area (Å²) in [6.45, 7) is 5.23. The number of β-lactam (4-membered cyclic amide) rings is 1. The van der Waals surface area contributed by atoms with Crippen molar-refractivity contribution in [1.29, 1.82) is 0 Å². The number of thioether (sulfide) groups is 2. The highest BCUT2D eigenvalue weighted by molar-refractivity contribution is 8.06. The van der Waals surface area contributed by atoms with E-state index in [1.54, 1.807) is 32.3 Å². The van der Waals surface area contributed by atoms with E-state index in [-0.39, 0.29) is 22.2 Å². The van der Waals surface area contributed by atoms with Crippen LogP contribution in [0.25, 0.3) is 0 Å². The lowest BCUT2D eigenvalue weighted by molar-refractivity contribution is -0.154. The molecule has 0 bridgehead atoms. The molecule has 2 aliphatic heterocycles. The zero-order valence-electron chi connectivity index (χ0n) is 39.5. The Hall–Kier alpha value is -7.54. The van der Waals surface area contributed by atoms with Crippen LogP contribution in [0.4, 0.5) is 9.93 Å². The minimum absolute atomic E-state index is 0.0629. The Balaban J connectivity index is 1.05. The number of ether oxygens (including phenoxy) is 2. The fourth-order valence-corrected chi connectivity index (χ4v) is 11.5. The highest BCUT2D eigenvalue weighted by Gasteiger charge is 2.55.